The molecule has 0 radical (unpaired) electrons. The Morgan fingerprint density at radius 3 is 2.40 bits per heavy atom. The van der Waals surface area contributed by atoms with Crippen molar-refractivity contribution in [2.45, 2.75) is 0 Å². The summed E-state index contributed by atoms with van der Waals surface area (Å²) in [6.45, 7) is 0. The first-order valence-electron chi connectivity index (χ1n) is 6.56. The zero-order valence-electron chi connectivity index (χ0n) is 12.0. The fourth-order valence-corrected chi connectivity index (χ4v) is 2.83. The van der Waals surface area contributed by atoms with Crippen LogP contribution < -0.4 is 5.48 Å². The molecule has 0 bridgehead atoms. The number of carbonyl (C=O) groups excluding carboxylic acids is 2. The molecule has 9 nitrogen and oxygen atoms in total. The van der Waals surface area contributed by atoms with Crippen molar-refractivity contribution in [3.63, 3.8) is 0 Å². The third kappa shape index (κ3) is 3.07. The van der Waals surface area contributed by atoms with Crippen molar-refractivity contribution in [3.05, 3.63) is 79.1 Å². The molecule has 2 heterocycles. The normalized spacial score (nSPS) is 20.3. The maximum absolute atomic E-state index is 11.6. The first kappa shape index (κ1) is 17.0. The molecule has 0 atom stereocenters. The van der Waals surface area contributed by atoms with E-state index in [2.05, 4.69) is 5.48 Å². The van der Waals surface area contributed by atoms with Gasteiger partial charge < -0.3 is 4.84 Å². The number of Topliss-reactive ketones (excluding diaryl/α,β-unsaturated/α-hetero) is 1. The Hall–Kier alpha value is -2.88. The highest BCUT2D eigenvalue weighted by Crippen LogP contribution is 2.36. The van der Waals surface area contributed by atoms with Crippen LogP contribution in [0.2, 0.25) is 0 Å². The van der Waals surface area contributed by atoms with Gasteiger partial charge in [0, 0.05) is 17.7 Å². The average Bonchev–Trinajstić information content (AvgIpc) is 2.98. The molecule has 25 heavy (non-hydrogen) atoms. The van der Waals surface area contributed by atoms with Gasteiger partial charge in [-0.05, 0) is 6.08 Å². The highest BCUT2D eigenvalue weighted by atomic mass is 35.5. The van der Waals surface area contributed by atoms with Crippen LogP contribution in [0.3, 0.4) is 0 Å². The molecule has 0 saturated carbocycles. The molecule has 2 N–H and O–H groups in total. The van der Waals surface area contributed by atoms with Crippen LogP contribution in [0.25, 0.3) is 0 Å². The summed E-state index contributed by atoms with van der Waals surface area (Å²) in [4.78, 5) is 38.3. The van der Waals surface area contributed by atoms with E-state index in [0.717, 1.165) is 12.2 Å². The lowest BCUT2D eigenvalue weighted by Crippen LogP contribution is -2.24. The number of nitrogens with zero attached hydrogens (tertiary/aromatic N) is 2. The second-order valence-corrected chi connectivity index (χ2v) is 5.73. The molecule has 0 fully saturated rings. The van der Waals surface area contributed by atoms with Gasteiger partial charge in [0.2, 0.25) is 5.78 Å². The predicted molar refractivity (Wildman–Crippen MR) is 84.0 cm³/mol. The molecule has 11 heteroatoms. The fraction of sp³-hybridized carbons (Fsp3) is 0. The van der Waals surface area contributed by atoms with Crippen molar-refractivity contribution in [2.75, 3.05) is 0 Å². The molecule has 2 aliphatic heterocycles. The van der Waals surface area contributed by atoms with Gasteiger partial charge in [-0.3, -0.25) is 24.9 Å². The summed E-state index contributed by atoms with van der Waals surface area (Å²) in [6, 6.07) is 0. The summed E-state index contributed by atoms with van der Waals surface area (Å²) in [5, 5.41) is 21.1. The van der Waals surface area contributed by atoms with E-state index in [1.54, 1.807) is 0 Å². The maximum atomic E-state index is 11.6. The van der Waals surface area contributed by atoms with E-state index in [9.17, 15) is 24.9 Å². The number of hydrogen-bond acceptors (Lipinski definition) is 8. The number of nitro groups is 1. The molecule has 0 saturated heterocycles. The molecule has 0 aromatic heterocycles. The minimum atomic E-state index is -1.20. The predicted octanol–water partition coefficient (Wildman–Crippen LogP) is 1.76. The van der Waals surface area contributed by atoms with Crippen LogP contribution in [-0.4, -0.2) is 26.8 Å². The lowest BCUT2D eigenvalue weighted by atomic mass is 9.99. The first-order chi connectivity index (χ1) is 11.8. The number of hydroxylamine groups is 3. The Bertz CT molecular complexity index is 888. The quantitative estimate of drug-likeness (QED) is 0.320. The number of rotatable bonds is 2. The maximum Gasteiger partial charge on any atom is 0.321 e. The fourth-order valence-electron chi connectivity index (χ4n) is 2.19. The van der Waals surface area contributed by atoms with Crippen LogP contribution in [0.15, 0.2) is 69.0 Å². The molecule has 0 amide bonds. The molecule has 3 rings (SSSR count). The molecule has 3 aliphatic rings. The molecular weight excluding hydrogens is 377 g/mol. The third-order valence-electron chi connectivity index (χ3n) is 3.30. The highest BCUT2D eigenvalue weighted by molar-refractivity contribution is 6.47. The molecule has 0 aromatic rings. The Morgan fingerprint density at radius 2 is 1.80 bits per heavy atom. The molecular formula is C14H7Cl2N3O6. The lowest BCUT2D eigenvalue weighted by Gasteiger charge is -2.17. The van der Waals surface area contributed by atoms with Crippen LogP contribution in [-0.2, 0) is 14.4 Å². The third-order valence-corrected chi connectivity index (χ3v) is 3.88. The van der Waals surface area contributed by atoms with Gasteiger partial charge in [-0.25, -0.2) is 10.5 Å². The SMILES string of the molecule is O=C1C=C(C2=CC(=C3C(Cl)=CN(O)C=C3Cl)ON2)C=C([N+](=O)[O-])C1=O. The number of allylic oxidation sites excluding steroid dienone is 7. The van der Waals surface area contributed by atoms with Crippen molar-refractivity contribution in [2.24, 2.45) is 0 Å². The Morgan fingerprint density at radius 1 is 1.16 bits per heavy atom. The molecule has 128 valence electrons. The highest BCUT2D eigenvalue weighted by Gasteiger charge is 2.34. The second kappa shape index (κ2) is 6.20. The largest absolute Gasteiger partial charge is 0.381 e. The van der Waals surface area contributed by atoms with Crippen LogP contribution in [0, 0.1) is 10.1 Å². The lowest BCUT2D eigenvalue weighted by molar-refractivity contribution is -0.418. The Kier molecular flexibility index (Phi) is 4.21. The average molecular weight is 384 g/mol. The standard InChI is InChI=1S/C14H7Cl2N3O6/c15-7-4-18(22)5-8(16)13(7)12-3-9(17-25-12)6-1-10(19(23)24)14(21)11(20)2-6/h1-5,17,22H. The topological polar surface area (TPSA) is 122 Å². The number of halogens is 2. The molecule has 0 unspecified atom stereocenters. The van der Waals surface area contributed by atoms with Crippen molar-refractivity contribution >= 4 is 34.8 Å². The summed E-state index contributed by atoms with van der Waals surface area (Å²) in [7, 11) is 0. The van der Waals surface area contributed by atoms with E-state index >= 15 is 0 Å². The van der Waals surface area contributed by atoms with Gasteiger partial charge in [-0.15, -0.1) is 0 Å². The van der Waals surface area contributed by atoms with Crippen molar-refractivity contribution in [3.8, 4) is 0 Å². The van der Waals surface area contributed by atoms with Gasteiger partial charge in [0.05, 0.1) is 38.7 Å². The zero-order chi connectivity index (χ0) is 18.3. The van der Waals surface area contributed by atoms with E-state index in [1.165, 1.54) is 18.5 Å². The molecule has 0 aromatic carbocycles. The number of hydrogen-bond donors (Lipinski definition) is 2. The van der Waals surface area contributed by atoms with Gasteiger partial charge >= 0.3 is 11.5 Å². The van der Waals surface area contributed by atoms with Crippen molar-refractivity contribution in [1.82, 2.24) is 10.5 Å². The molecule has 1 aliphatic carbocycles. The van der Waals surface area contributed by atoms with Crippen LogP contribution in [0.5, 0.6) is 0 Å². The summed E-state index contributed by atoms with van der Waals surface area (Å²) < 4.78 is 0. The van der Waals surface area contributed by atoms with Gasteiger partial charge in [0.1, 0.15) is 0 Å². The van der Waals surface area contributed by atoms with E-state index in [1.807, 2.05) is 0 Å². The number of ketones is 2. The monoisotopic (exact) mass is 383 g/mol. The summed E-state index contributed by atoms with van der Waals surface area (Å²) in [6.07, 6.45) is 5.68. The van der Waals surface area contributed by atoms with Crippen molar-refractivity contribution < 1.29 is 24.6 Å². The molecule has 0 spiro atoms. The number of carbonyl (C=O) groups is 2. The van der Waals surface area contributed by atoms with E-state index < -0.39 is 22.2 Å². The van der Waals surface area contributed by atoms with Crippen molar-refractivity contribution in [1.29, 1.82) is 0 Å². The van der Waals surface area contributed by atoms with Gasteiger partial charge in [0.25, 0.3) is 0 Å². The van der Waals surface area contributed by atoms with Gasteiger partial charge in [-0.1, -0.05) is 23.2 Å². The summed E-state index contributed by atoms with van der Waals surface area (Å²) in [5.74, 6) is -2.05. The zero-order valence-corrected chi connectivity index (χ0v) is 13.5. The second-order valence-electron chi connectivity index (χ2n) is 4.92. The van der Waals surface area contributed by atoms with Gasteiger partial charge in [0.15, 0.2) is 5.76 Å². The van der Waals surface area contributed by atoms with Gasteiger partial charge in [-0.2, -0.15) is 0 Å². The Balaban J connectivity index is 2.02. The van der Waals surface area contributed by atoms with E-state index in [-0.39, 0.29) is 32.7 Å². The first-order valence-corrected chi connectivity index (χ1v) is 7.31. The number of nitrogens with one attached hydrogen (secondary N) is 1. The minimum Gasteiger partial charge on any atom is -0.381 e. The summed E-state index contributed by atoms with van der Waals surface area (Å²) in [5.41, 5.74) is 2.18. The van der Waals surface area contributed by atoms with E-state index in [0.29, 0.717) is 5.06 Å². The van der Waals surface area contributed by atoms with Crippen LogP contribution in [0.4, 0.5) is 0 Å². The van der Waals surface area contributed by atoms with E-state index in [4.69, 9.17) is 28.0 Å². The van der Waals surface area contributed by atoms with Crippen LogP contribution in [0.1, 0.15) is 0 Å². The van der Waals surface area contributed by atoms with Crippen LogP contribution >= 0.6 is 23.2 Å². The minimum absolute atomic E-state index is 0.0784. The smallest absolute Gasteiger partial charge is 0.321 e. The summed E-state index contributed by atoms with van der Waals surface area (Å²) >= 11 is 12.0. The Labute approximate surface area is 149 Å².